The Hall–Kier alpha value is -3.55. The summed E-state index contributed by atoms with van der Waals surface area (Å²) in [5.41, 5.74) is 3.17. The average molecular weight is 352 g/mol. The van der Waals surface area contributed by atoms with Gasteiger partial charge in [-0.2, -0.15) is 0 Å². The van der Waals surface area contributed by atoms with Crippen molar-refractivity contribution in [3.63, 3.8) is 0 Å². The minimum atomic E-state index is -0.554. The quantitative estimate of drug-likeness (QED) is 0.564. The van der Waals surface area contributed by atoms with Gasteiger partial charge in [0.05, 0.1) is 4.92 Å². The fraction of sp³-hybridized carbons (Fsp3) is 0.167. The Morgan fingerprint density at radius 3 is 2.46 bits per heavy atom. The summed E-state index contributed by atoms with van der Waals surface area (Å²) in [6.45, 7) is 5.43. The SMILES string of the molecule is Cc1cc(C)cc(-c2nnc(NC(=O)c3cccc([N+](=O)[O-])c3C)o2)c1. The minimum Gasteiger partial charge on any atom is -0.403 e. The summed E-state index contributed by atoms with van der Waals surface area (Å²) in [5.74, 6) is -0.273. The van der Waals surface area contributed by atoms with E-state index in [0.29, 0.717) is 0 Å². The summed E-state index contributed by atoms with van der Waals surface area (Å²) in [6.07, 6.45) is 0. The molecule has 1 aromatic heterocycles. The predicted molar refractivity (Wildman–Crippen MR) is 95.0 cm³/mol. The van der Waals surface area contributed by atoms with Crippen molar-refractivity contribution >= 4 is 17.6 Å². The number of anilines is 1. The Morgan fingerprint density at radius 1 is 1.12 bits per heavy atom. The van der Waals surface area contributed by atoms with Crippen molar-refractivity contribution < 1.29 is 14.1 Å². The van der Waals surface area contributed by atoms with Crippen LogP contribution >= 0.6 is 0 Å². The minimum absolute atomic E-state index is 0.0740. The average Bonchev–Trinajstić information content (AvgIpc) is 3.02. The molecule has 0 atom stereocenters. The molecule has 0 fully saturated rings. The smallest absolute Gasteiger partial charge is 0.322 e. The number of nitrogens with zero attached hydrogens (tertiary/aromatic N) is 3. The monoisotopic (exact) mass is 352 g/mol. The molecule has 26 heavy (non-hydrogen) atoms. The van der Waals surface area contributed by atoms with Gasteiger partial charge in [-0.1, -0.05) is 28.4 Å². The Balaban J connectivity index is 1.84. The van der Waals surface area contributed by atoms with E-state index >= 15 is 0 Å². The Bertz CT molecular complexity index is 990. The van der Waals surface area contributed by atoms with E-state index in [4.69, 9.17) is 4.42 Å². The topological polar surface area (TPSA) is 111 Å². The highest BCUT2D eigenvalue weighted by atomic mass is 16.6. The Labute approximate surface area is 149 Å². The van der Waals surface area contributed by atoms with Crippen molar-refractivity contribution in [1.82, 2.24) is 10.2 Å². The second-order valence-corrected chi connectivity index (χ2v) is 5.95. The number of benzene rings is 2. The molecule has 1 N–H and O–H groups in total. The highest BCUT2D eigenvalue weighted by Gasteiger charge is 2.20. The molecule has 0 saturated carbocycles. The number of nitro benzene ring substituents is 1. The van der Waals surface area contributed by atoms with Gasteiger partial charge >= 0.3 is 6.01 Å². The van der Waals surface area contributed by atoms with Crippen LogP contribution < -0.4 is 5.32 Å². The number of aromatic nitrogens is 2. The summed E-state index contributed by atoms with van der Waals surface area (Å²) in [7, 11) is 0. The molecule has 132 valence electrons. The third-order valence-electron chi connectivity index (χ3n) is 3.86. The van der Waals surface area contributed by atoms with Crippen LogP contribution in [-0.2, 0) is 0 Å². The molecule has 0 aliphatic heterocycles. The molecule has 0 unspecified atom stereocenters. The molecule has 8 nitrogen and oxygen atoms in total. The van der Waals surface area contributed by atoms with Gasteiger partial charge in [-0.15, -0.1) is 5.10 Å². The van der Waals surface area contributed by atoms with Crippen LogP contribution in [0.3, 0.4) is 0 Å². The van der Waals surface area contributed by atoms with E-state index in [0.717, 1.165) is 16.7 Å². The molecule has 0 aliphatic carbocycles. The first-order valence-electron chi connectivity index (χ1n) is 7.82. The summed E-state index contributed by atoms with van der Waals surface area (Å²) in [6, 6.07) is 10.0. The van der Waals surface area contributed by atoms with Gasteiger partial charge in [0.2, 0.25) is 5.89 Å². The maximum atomic E-state index is 12.4. The fourth-order valence-electron chi connectivity index (χ4n) is 2.72. The number of carbonyl (C=O) groups is 1. The highest BCUT2D eigenvalue weighted by molar-refractivity contribution is 6.04. The number of nitrogens with one attached hydrogen (secondary N) is 1. The van der Waals surface area contributed by atoms with Crippen LogP contribution in [0.5, 0.6) is 0 Å². The normalized spacial score (nSPS) is 10.6. The molecule has 3 rings (SSSR count). The summed E-state index contributed by atoms with van der Waals surface area (Å²) < 4.78 is 5.50. The first-order chi connectivity index (χ1) is 12.3. The van der Waals surface area contributed by atoms with Crippen LogP contribution in [0, 0.1) is 30.9 Å². The number of hydrogen-bond acceptors (Lipinski definition) is 6. The van der Waals surface area contributed by atoms with Gasteiger partial charge in [0.15, 0.2) is 0 Å². The number of hydrogen-bond donors (Lipinski definition) is 1. The lowest BCUT2D eigenvalue weighted by Gasteiger charge is -2.05. The third kappa shape index (κ3) is 3.44. The number of amides is 1. The number of nitro groups is 1. The van der Waals surface area contributed by atoms with Crippen molar-refractivity contribution in [2.24, 2.45) is 0 Å². The van der Waals surface area contributed by atoms with E-state index in [2.05, 4.69) is 15.5 Å². The lowest BCUT2D eigenvalue weighted by molar-refractivity contribution is -0.385. The molecule has 0 spiro atoms. The molecule has 2 aromatic carbocycles. The van der Waals surface area contributed by atoms with E-state index in [1.165, 1.54) is 25.1 Å². The first-order valence-corrected chi connectivity index (χ1v) is 7.82. The summed E-state index contributed by atoms with van der Waals surface area (Å²) in [5, 5.41) is 21.3. The Kier molecular flexibility index (Phi) is 4.49. The maximum Gasteiger partial charge on any atom is 0.322 e. The molecule has 0 saturated heterocycles. The number of rotatable bonds is 4. The zero-order chi connectivity index (χ0) is 18.8. The second kappa shape index (κ2) is 6.75. The molecule has 8 heteroatoms. The highest BCUT2D eigenvalue weighted by Crippen LogP contribution is 2.24. The van der Waals surface area contributed by atoms with Gasteiger partial charge in [-0.3, -0.25) is 20.2 Å². The van der Waals surface area contributed by atoms with Gasteiger partial charge < -0.3 is 4.42 Å². The molecule has 0 bridgehead atoms. The zero-order valence-electron chi connectivity index (χ0n) is 14.4. The lowest BCUT2D eigenvalue weighted by Crippen LogP contribution is -2.14. The second-order valence-electron chi connectivity index (χ2n) is 5.95. The van der Waals surface area contributed by atoms with Gasteiger partial charge in [-0.25, -0.2) is 0 Å². The van der Waals surface area contributed by atoms with E-state index in [1.54, 1.807) is 0 Å². The largest absolute Gasteiger partial charge is 0.403 e. The number of aryl methyl sites for hydroxylation is 2. The van der Waals surface area contributed by atoms with E-state index in [1.807, 2.05) is 32.0 Å². The van der Waals surface area contributed by atoms with Crippen molar-refractivity contribution in [3.8, 4) is 11.5 Å². The van der Waals surface area contributed by atoms with Gasteiger partial charge in [0, 0.05) is 22.8 Å². The van der Waals surface area contributed by atoms with Crippen LogP contribution in [0.2, 0.25) is 0 Å². The third-order valence-corrected chi connectivity index (χ3v) is 3.86. The van der Waals surface area contributed by atoms with E-state index < -0.39 is 10.8 Å². The predicted octanol–water partition coefficient (Wildman–Crippen LogP) is 3.82. The van der Waals surface area contributed by atoms with Gasteiger partial charge in [0.1, 0.15) is 0 Å². The molecule has 0 aliphatic rings. The van der Waals surface area contributed by atoms with Crippen LogP contribution in [0.1, 0.15) is 27.0 Å². The summed E-state index contributed by atoms with van der Waals surface area (Å²) in [4.78, 5) is 22.9. The fourth-order valence-corrected chi connectivity index (χ4v) is 2.72. The zero-order valence-corrected chi connectivity index (χ0v) is 14.4. The Morgan fingerprint density at radius 2 is 1.81 bits per heavy atom. The molecule has 0 radical (unpaired) electrons. The molecule has 1 amide bonds. The van der Waals surface area contributed by atoms with Crippen molar-refractivity contribution in [2.75, 3.05) is 5.32 Å². The maximum absolute atomic E-state index is 12.4. The standard InChI is InChI=1S/C18H16N4O4/c1-10-7-11(2)9-13(8-10)17-20-21-18(26-17)19-16(23)14-5-4-6-15(12(14)3)22(24)25/h4-9H,1-3H3,(H,19,21,23). The number of carbonyl (C=O) groups excluding carboxylic acids is 1. The van der Waals surface area contributed by atoms with Crippen molar-refractivity contribution in [1.29, 1.82) is 0 Å². The summed E-state index contributed by atoms with van der Waals surface area (Å²) >= 11 is 0. The van der Waals surface area contributed by atoms with E-state index in [9.17, 15) is 14.9 Å². The molecule has 1 heterocycles. The van der Waals surface area contributed by atoms with Gasteiger partial charge in [-0.05, 0) is 39.0 Å². The van der Waals surface area contributed by atoms with Crippen molar-refractivity contribution in [2.45, 2.75) is 20.8 Å². The lowest BCUT2D eigenvalue weighted by atomic mass is 10.1. The molecular weight excluding hydrogens is 336 g/mol. The van der Waals surface area contributed by atoms with Crippen LogP contribution in [0.25, 0.3) is 11.5 Å². The van der Waals surface area contributed by atoms with Crippen LogP contribution in [0.15, 0.2) is 40.8 Å². The van der Waals surface area contributed by atoms with Crippen molar-refractivity contribution in [3.05, 3.63) is 68.8 Å². The van der Waals surface area contributed by atoms with Gasteiger partial charge in [0.25, 0.3) is 11.6 Å². The van der Waals surface area contributed by atoms with Crippen LogP contribution in [0.4, 0.5) is 11.7 Å². The van der Waals surface area contributed by atoms with Crippen LogP contribution in [-0.4, -0.2) is 21.0 Å². The first kappa shape index (κ1) is 17.3. The molecular formula is C18H16N4O4. The molecule has 3 aromatic rings. The van der Waals surface area contributed by atoms with E-state index in [-0.39, 0.29) is 28.7 Å².